The predicted molar refractivity (Wildman–Crippen MR) is 85.5 cm³/mol. The maximum Gasteiger partial charge on any atom is 0.379 e. The number of fused-ring (bicyclic) bond motifs is 1. The molecule has 2 aromatic carbocycles. The van der Waals surface area contributed by atoms with Gasteiger partial charge in [0.2, 0.25) is 5.76 Å². The lowest BCUT2D eigenvalue weighted by Gasteiger charge is -2.08. The number of carbonyl (C=O) groups is 1. The van der Waals surface area contributed by atoms with Crippen molar-refractivity contribution in [3.8, 4) is 17.2 Å². The number of ether oxygens (including phenoxy) is 3. The van der Waals surface area contributed by atoms with Crippen molar-refractivity contribution in [1.82, 2.24) is 0 Å². The fourth-order valence-corrected chi connectivity index (χ4v) is 2.36. The van der Waals surface area contributed by atoms with E-state index in [4.69, 9.17) is 18.6 Å². The van der Waals surface area contributed by atoms with Crippen molar-refractivity contribution in [3.63, 3.8) is 0 Å². The molecule has 0 unspecified atom stereocenters. The van der Waals surface area contributed by atoms with Crippen LogP contribution in [0.4, 0.5) is 0 Å². The lowest BCUT2D eigenvalue weighted by atomic mass is 10.1. The minimum Gasteiger partial charge on any atom is -0.496 e. The fourth-order valence-electron chi connectivity index (χ4n) is 2.36. The Kier molecular flexibility index (Phi) is 3.93. The summed E-state index contributed by atoms with van der Waals surface area (Å²) in [5.74, 6) is 1.02. The predicted octanol–water partition coefficient (Wildman–Crippen LogP) is 3.98. The largest absolute Gasteiger partial charge is 0.496 e. The third-order valence-corrected chi connectivity index (χ3v) is 3.56. The average molecular weight is 312 g/mol. The van der Waals surface area contributed by atoms with Gasteiger partial charge in [-0.3, -0.25) is 0 Å². The normalized spacial score (nSPS) is 10.6. The van der Waals surface area contributed by atoms with Gasteiger partial charge < -0.3 is 18.6 Å². The highest BCUT2D eigenvalue weighted by molar-refractivity contribution is 5.96. The van der Waals surface area contributed by atoms with Gasteiger partial charge in [0.15, 0.2) is 0 Å². The van der Waals surface area contributed by atoms with Gasteiger partial charge in [-0.15, -0.1) is 0 Å². The Balaban J connectivity index is 1.93. The molecule has 118 valence electrons. The number of aryl methyl sites for hydroxylation is 1. The zero-order chi connectivity index (χ0) is 16.4. The van der Waals surface area contributed by atoms with Gasteiger partial charge in [0.25, 0.3) is 0 Å². The highest BCUT2D eigenvalue weighted by atomic mass is 16.5. The van der Waals surface area contributed by atoms with E-state index >= 15 is 0 Å². The molecule has 3 rings (SSSR count). The number of hydrogen-bond donors (Lipinski definition) is 0. The lowest BCUT2D eigenvalue weighted by Crippen LogP contribution is -2.09. The Hall–Kier alpha value is -2.95. The minimum atomic E-state index is -0.561. The van der Waals surface area contributed by atoms with E-state index in [1.165, 1.54) is 14.2 Å². The first-order valence-corrected chi connectivity index (χ1v) is 7.05. The third kappa shape index (κ3) is 2.85. The second-order valence-corrected chi connectivity index (χ2v) is 4.99. The number of para-hydroxylation sites is 1. The van der Waals surface area contributed by atoms with Gasteiger partial charge in [-0.05, 0) is 13.0 Å². The van der Waals surface area contributed by atoms with Crippen LogP contribution >= 0.6 is 0 Å². The van der Waals surface area contributed by atoms with Crippen molar-refractivity contribution in [3.05, 3.63) is 53.8 Å². The van der Waals surface area contributed by atoms with Crippen LogP contribution in [0.5, 0.6) is 17.2 Å². The van der Waals surface area contributed by atoms with Crippen molar-refractivity contribution >= 4 is 16.9 Å². The molecular formula is C18H16O5. The molecule has 0 saturated heterocycles. The second-order valence-electron chi connectivity index (χ2n) is 4.99. The highest BCUT2D eigenvalue weighted by Gasteiger charge is 2.20. The van der Waals surface area contributed by atoms with Gasteiger partial charge >= 0.3 is 5.97 Å². The Labute approximate surface area is 133 Å². The maximum absolute atomic E-state index is 12.4. The van der Waals surface area contributed by atoms with Gasteiger partial charge in [0, 0.05) is 29.1 Å². The second kappa shape index (κ2) is 6.04. The molecule has 5 heteroatoms. The quantitative estimate of drug-likeness (QED) is 0.539. The molecule has 0 aliphatic rings. The van der Waals surface area contributed by atoms with E-state index in [9.17, 15) is 4.79 Å². The summed E-state index contributed by atoms with van der Waals surface area (Å²) in [4.78, 5) is 12.4. The van der Waals surface area contributed by atoms with Crippen molar-refractivity contribution in [2.45, 2.75) is 6.92 Å². The van der Waals surface area contributed by atoms with E-state index in [0.717, 1.165) is 10.9 Å². The molecule has 0 saturated carbocycles. The highest BCUT2D eigenvalue weighted by Crippen LogP contribution is 2.30. The number of carbonyl (C=O) groups excluding carboxylic acids is 1. The van der Waals surface area contributed by atoms with Gasteiger partial charge in [-0.25, -0.2) is 4.79 Å². The molecule has 1 aromatic heterocycles. The Morgan fingerprint density at radius 2 is 1.57 bits per heavy atom. The number of benzene rings is 2. The molecule has 0 aliphatic heterocycles. The summed E-state index contributed by atoms with van der Waals surface area (Å²) in [5, 5.41) is 0.891. The Bertz CT molecular complexity index is 841. The Morgan fingerprint density at radius 1 is 0.957 bits per heavy atom. The summed E-state index contributed by atoms with van der Waals surface area (Å²) in [5.41, 5.74) is 1.40. The molecular weight excluding hydrogens is 296 g/mol. The summed E-state index contributed by atoms with van der Waals surface area (Å²) < 4.78 is 21.3. The van der Waals surface area contributed by atoms with Crippen LogP contribution in [0.15, 0.2) is 46.9 Å². The Morgan fingerprint density at radius 3 is 2.17 bits per heavy atom. The fraction of sp³-hybridized carbons (Fsp3) is 0.167. The summed E-state index contributed by atoms with van der Waals surface area (Å²) in [6.07, 6.45) is 0. The lowest BCUT2D eigenvalue weighted by molar-refractivity contribution is 0.0702. The van der Waals surface area contributed by atoms with E-state index < -0.39 is 5.97 Å². The van der Waals surface area contributed by atoms with Crippen molar-refractivity contribution < 1.29 is 23.4 Å². The molecule has 0 radical (unpaired) electrons. The van der Waals surface area contributed by atoms with Gasteiger partial charge in [-0.1, -0.05) is 18.2 Å². The van der Waals surface area contributed by atoms with Crippen LogP contribution < -0.4 is 14.2 Å². The van der Waals surface area contributed by atoms with Crippen LogP contribution in [0.3, 0.4) is 0 Å². The van der Waals surface area contributed by atoms with Crippen molar-refractivity contribution in [2.75, 3.05) is 14.2 Å². The van der Waals surface area contributed by atoms with Crippen LogP contribution in [-0.4, -0.2) is 20.2 Å². The SMILES string of the molecule is COc1cc(OC)cc(OC(=O)c2oc3ccccc3c2C)c1. The summed E-state index contributed by atoms with van der Waals surface area (Å²) >= 11 is 0. The molecule has 0 amide bonds. The first-order valence-electron chi connectivity index (χ1n) is 7.05. The zero-order valence-electron chi connectivity index (χ0n) is 13.1. The molecule has 23 heavy (non-hydrogen) atoms. The van der Waals surface area contributed by atoms with E-state index in [2.05, 4.69) is 0 Å². The molecule has 3 aromatic rings. The molecule has 0 atom stereocenters. The topological polar surface area (TPSA) is 57.9 Å². The number of rotatable bonds is 4. The smallest absolute Gasteiger partial charge is 0.379 e. The van der Waals surface area contributed by atoms with Gasteiger partial charge in [0.1, 0.15) is 22.8 Å². The summed E-state index contributed by atoms with van der Waals surface area (Å²) in [6.45, 7) is 1.83. The van der Waals surface area contributed by atoms with Crippen LogP contribution in [0, 0.1) is 6.92 Å². The molecule has 0 fully saturated rings. The van der Waals surface area contributed by atoms with E-state index in [1.807, 2.05) is 31.2 Å². The zero-order valence-corrected chi connectivity index (χ0v) is 13.1. The third-order valence-electron chi connectivity index (χ3n) is 3.56. The van der Waals surface area contributed by atoms with E-state index in [1.54, 1.807) is 18.2 Å². The van der Waals surface area contributed by atoms with Crippen molar-refractivity contribution in [2.24, 2.45) is 0 Å². The molecule has 0 spiro atoms. The molecule has 0 N–H and O–H groups in total. The summed E-state index contributed by atoms with van der Waals surface area (Å²) in [6, 6.07) is 12.4. The first kappa shape index (κ1) is 15.0. The van der Waals surface area contributed by atoms with Crippen LogP contribution in [0.25, 0.3) is 11.0 Å². The number of hydrogen-bond acceptors (Lipinski definition) is 5. The first-order chi connectivity index (χ1) is 11.1. The number of esters is 1. The van der Waals surface area contributed by atoms with Crippen LogP contribution in [0.2, 0.25) is 0 Å². The van der Waals surface area contributed by atoms with Crippen molar-refractivity contribution in [1.29, 1.82) is 0 Å². The molecule has 0 bridgehead atoms. The van der Waals surface area contributed by atoms with E-state index in [-0.39, 0.29) is 5.76 Å². The molecule has 1 heterocycles. The van der Waals surface area contributed by atoms with Gasteiger partial charge in [0.05, 0.1) is 14.2 Å². The number of furan rings is 1. The molecule has 0 aliphatic carbocycles. The van der Waals surface area contributed by atoms with E-state index in [0.29, 0.717) is 22.8 Å². The van der Waals surface area contributed by atoms with Crippen LogP contribution in [0.1, 0.15) is 16.1 Å². The van der Waals surface area contributed by atoms with Gasteiger partial charge in [-0.2, -0.15) is 0 Å². The molecule has 5 nitrogen and oxygen atoms in total. The summed E-state index contributed by atoms with van der Waals surface area (Å²) in [7, 11) is 3.06. The van der Waals surface area contributed by atoms with Crippen LogP contribution in [-0.2, 0) is 0 Å². The average Bonchev–Trinajstić information content (AvgIpc) is 2.92. The minimum absolute atomic E-state index is 0.188. The monoisotopic (exact) mass is 312 g/mol. The standard InChI is InChI=1S/C18H16O5/c1-11-15-6-4-5-7-16(15)23-17(11)18(19)22-14-9-12(20-2)8-13(10-14)21-3/h4-10H,1-3H3. The maximum atomic E-state index is 12.4. The number of methoxy groups -OCH3 is 2.